The van der Waals surface area contributed by atoms with Crippen molar-refractivity contribution in [3.05, 3.63) is 0 Å². The highest BCUT2D eigenvalue weighted by Crippen LogP contribution is 2.35. The normalized spacial score (nSPS) is 26.4. The lowest BCUT2D eigenvalue weighted by Crippen LogP contribution is -2.21. The zero-order chi connectivity index (χ0) is 10.6. The summed E-state index contributed by atoms with van der Waals surface area (Å²) in [7, 11) is -1.26. The van der Waals surface area contributed by atoms with Gasteiger partial charge in [-0.1, -0.05) is 6.42 Å². The van der Waals surface area contributed by atoms with E-state index in [4.69, 9.17) is 15.2 Å². The topological polar surface area (TPSA) is 77.8 Å². The van der Waals surface area contributed by atoms with Gasteiger partial charge >= 0.3 is 13.1 Å². The first-order valence-corrected chi connectivity index (χ1v) is 5.86. The summed E-state index contributed by atoms with van der Waals surface area (Å²) in [5.41, 5.74) is 0. The summed E-state index contributed by atoms with van der Waals surface area (Å²) in [6.45, 7) is 0. The molecule has 2 unspecified atom stereocenters. The van der Waals surface area contributed by atoms with Crippen molar-refractivity contribution >= 4 is 24.8 Å². The van der Waals surface area contributed by atoms with Crippen LogP contribution in [0.5, 0.6) is 0 Å². The van der Waals surface area contributed by atoms with Gasteiger partial charge in [-0.2, -0.15) is 11.8 Å². The Balaban J connectivity index is 2.26. The molecule has 6 heteroatoms. The van der Waals surface area contributed by atoms with Gasteiger partial charge in [-0.05, 0) is 24.9 Å². The Morgan fingerprint density at radius 2 is 2.21 bits per heavy atom. The monoisotopic (exact) mass is 218 g/mol. The molecule has 4 nitrogen and oxygen atoms in total. The zero-order valence-corrected chi connectivity index (χ0v) is 8.74. The van der Waals surface area contributed by atoms with E-state index in [-0.39, 0.29) is 11.2 Å². The van der Waals surface area contributed by atoms with Gasteiger partial charge < -0.3 is 15.2 Å². The van der Waals surface area contributed by atoms with Crippen molar-refractivity contribution in [2.75, 3.05) is 5.75 Å². The fraction of sp³-hybridized carbons (Fsp3) is 0.875. The molecule has 0 aromatic rings. The van der Waals surface area contributed by atoms with Gasteiger partial charge in [0.05, 0.1) is 5.92 Å². The van der Waals surface area contributed by atoms with Crippen LogP contribution < -0.4 is 0 Å². The number of aliphatic carboxylic acids is 1. The summed E-state index contributed by atoms with van der Waals surface area (Å²) in [5.74, 6) is -0.0519. The van der Waals surface area contributed by atoms with E-state index < -0.39 is 13.1 Å². The molecule has 1 heterocycles. The van der Waals surface area contributed by atoms with Crippen molar-refractivity contribution in [2.24, 2.45) is 5.92 Å². The molecule has 2 atom stereocenters. The van der Waals surface area contributed by atoms with Crippen LogP contribution in [-0.4, -0.2) is 39.2 Å². The second-order valence-corrected chi connectivity index (χ2v) is 4.90. The smallest absolute Gasteiger partial charge is 0.451 e. The van der Waals surface area contributed by atoms with Crippen LogP contribution in [0.15, 0.2) is 0 Å². The molecule has 1 fully saturated rings. The Bertz CT molecular complexity index is 200. The summed E-state index contributed by atoms with van der Waals surface area (Å²) in [6.07, 6.45) is 2.52. The average Bonchev–Trinajstić information content (AvgIpc) is 2.51. The van der Waals surface area contributed by atoms with Crippen LogP contribution in [0.1, 0.15) is 19.3 Å². The van der Waals surface area contributed by atoms with Gasteiger partial charge in [0.1, 0.15) is 0 Å². The molecule has 1 aliphatic rings. The SMILES string of the molecule is O=C(O)C1CCSC1CCCB(O)O. The highest BCUT2D eigenvalue weighted by molar-refractivity contribution is 8.00. The Hall–Kier alpha value is -0.195. The van der Waals surface area contributed by atoms with Crippen LogP contribution in [0.3, 0.4) is 0 Å². The third-order valence-corrected chi connectivity index (χ3v) is 3.94. The largest absolute Gasteiger partial charge is 0.481 e. The van der Waals surface area contributed by atoms with Crippen LogP contribution in [0.2, 0.25) is 6.32 Å². The van der Waals surface area contributed by atoms with Crippen LogP contribution in [0, 0.1) is 5.92 Å². The van der Waals surface area contributed by atoms with Crippen LogP contribution >= 0.6 is 11.8 Å². The average molecular weight is 218 g/mol. The first-order chi connectivity index (χ1) is 6.61. The Morgan fingerprint density at radius 3 is 2.79 bits per heavy atom. The zero-order valence-electron chi connectivity index (χ0n) is 7.93. The third-order valence-electron chi connectivity index (χ3n) is 2.48. The van der Waals surface area contributed by atoms with E-state index in [1.165, 1.54) is 0 Å². The summed E-state index contributed by atoms with van der Waals surface area (Å²) in [5, 5.41) is 26.3. The van der Waals surface area contributed by atoms with Crippen LogP contribution in [0.4, 0.5) is 0 Å². The number of carboxylic acids is 1. The fourth-order valence-corrected chi connectivity index (χ4v) is 3.23. The molecule has 0 aromatic heterocycles. The maximum Gasteiger partial charge on any atom is 0.451 e. The summed E-state index contributed by atoms with van der Waals surface area (Å²) in [6, 6.07) is 0. The van der Waals surface area contributed by atoms with Crippen LogP contribution in [-0.2, 0) is 4.79 Å². The highest BCUT2D eigenvalue weighted by atomic mass is 32.2. The quantitative estimate of drug-likeness (QED) is 0.584. The summed E-state index contributed by atoms with van der Waals surface area (Å²) in [4.78, 5) is 10.8. The molecule has 1 aliphatic heterocycles. The molecule has 0 bridgehead atoms. The van der Waals surface area contributed by atoms with Gasteiger partial charge in [-0.3, -0.25) is 4.79 Å². The van der Waals surface area contributed by atoms with E-state index in [1.54, 1.807) is 11.8 Å². The van der Waals surface area contributed by atoms with E-state index in [9.17, 15) is 4.79 Å². The highest BCUT2D eigenvalue weighted by Gasteiger charge is 2.33. The minimum Gasteiger partial charge on any atom is -0.481 e. The number of thioether (sulfide) groups is 1. The maximum absolute atomic E-state index is 10.8. The van der Waals surface area contributed by atoms with E-state index in [2.05, 4.69) is 0 Å². The van der Waals surface area contributed by atoms with Gasteiger partial charge in [0.15, 0.2) is 0 Å². The van der Waals surface area contributed by atoms with Gasteiger partial charge in [0.25, 0.3) is 0 Å². The molecule has 14 heavy (non-hydrogen) atoms. The second-order valence-electron chi connectivity index (χ2n) is 3.55. The molecule has 0 aliphatic carbocycles. The van der Waals surface area contributed by atoms with Crippen molar-refractivity contribution in [3.63, 3.8) is 0 Å². The number of carboxylic acid groups (broad SMARTS) is 1. The summed E-state index contributed by atoms with van der Waals surface area (Å²) < 4.78 is 0. The van der Waals surface area contributed by atoms with Gasteiger partial charge in [-0.15, -0.1) is 0 Å². The summed E-state index contributed by atoms with van der Waals surface area (Å²) >= 11 is 1.69. The van der Waals surface area contributed by atoms with Gasteiger partial charge in [0, 0.05) is 5.25 Å². The molecule has 0 spiro atoms. The molecular formula is C8H15BO4S. The molecule has 1 saturated heterocycles. The standard InChI is InChI=1S/C8H15BO4S/c10-8(11)6-3-5-14-7(6)2-1-4-9(12)13/h6-7,12-13H,1-5H2,(H,10,11). The number of hydrogen-bond donors (Lipinski definition) is 3. The first kappa shape index (κ1) is 11.9. The van der Waals surface area contributed by atoms with Crippen molar-refractivity contribution < 1.29 is 19.9 Å². The molecule has 1 rings (SSSR count). The predicted molar refractivity (Wildman–Crippen MR) is 56.2 cm³/mol. The minimum atomic E-state index is -1.26. The number of hydrogen-bond acceptors (Lipinski definition) is 4. The van der Waals surface area contributed by atoms with Crippen molar-refractivity contribution in [1.82, 2.24) is 0 Å². The van der Waals surface area contributed by atoms with E-state index in [0.717, 1.165) is 18.6 Å². The Morgan fingerprint density at radius 1 is 1.50 bits per heavy atom. The lowest BCUT2D eigenvalue weighted by Gasteiger charge is -2.14. The van der Waals surface area contributed by atoms with Gasteiger partial charge in [0.2, 0.25) is 0 Å². The van der Waals surface area contributed by atoms with Gasteiger partial charge in [-0.25, -0.2) is 0 Å². The molecule has 0 saturated carbocycles. The number of rotatable bonds is 5. The molecule has 0 aromatic carbocycles. The predicted octanol–water partition coefficient (Wildman–Crippen LogP) is 0.446. The van der Waals surface area contributed by atoms with Crippen molar-refractivity contribution in [2.45, 2.75) is 30.8 Å². The molecule has 0 radical (unpaired) electrons. The minimum absolute atomic E-state index is 0.159. The fourth-order valence-electron chi connectivity index (χ4n) is 1.72. The van der Waals surface area contributed by atoms with E-state index in [0.29, 0.717) is 12.7 Å². The lowest BCUT2D eigenvalue weighted by atomic mass is 9.82. The molecular weight excluding hydrogens is 203 g/mol. The lowest BCUT2D eigenvalue weighted by molar-refractivity contribution is -0.141. The van der Waals surface area contributed by atoms with Crippen molar-refractivity contribution in [1.29, 1.82) is 0 Å². The maximum atomic E-state index is 10.8. The van der Waals surface area contributed by atoms with E-state index in [1.807, 2.05) is 0 Å². The Kier molecular flexibility index (Phi) is 4.78. The van der Waals surface area contributed by atoms with Crippen LogP contribution in [0.25, 0.3) is 0 Å². The third kappa shape index (κ3) is 3.51. The first-order valence-electron chi connectivity index (χ1n) is 4.82. The molecule has 80 valence electrons. The van der Waals surface area contributed by atoms with E-state index >= 15 is 0 Å². The second kappa shape index (κ2) is 5.63. The van der Waals surface area contributed by atoms with Crippen molar-refractivity contribution in [3.8, 4) is 0 Å². The molecule has 3 N–H and O–H groups in total. The number of carbonyl (C=O) groups is 1. The Labute approximate surface area is 87.8 Å². The molecule has 0 amide bonds.